The Balaban J connectivity index is 1.65. The second-order valence-corrected chi connectivity index (χ2v) is 5.56. The number of unbranched alkanes of at least 4 members (excludes halogenated alkanes) is 1. The maximum atomic E-state index is 6.12. The third-order valence-electron chi connectivity index (χ3n) is 3.65. The zero-order valence-corrected chi connectivity index (χ0v) is 11.9. The highest BCUT2D eigenvalue weighted by Crippen LogP contribution is 2.27. The van der Waals surface area contributed by atoms with Crippen molar-refractivity contribution in [3.63, 3.8) is 0 Å². The van der Waals surface area contributed by atoms with Crippen LogP contribution in [0.5, 0.6) is 5.75 Å². The molecule has 1 aliphatic heterocycles. The molecular formula is C15H23ClNO+. The second-order valence-electron chi connectivity index (χ2n) is 5.15. The van der Waals surface area contributed by atoms with E-state index in [-0.39, 0.29) is 0 Å². The van der Waals surface area contributed by atoms with Crippen LogP contribution in [0.1, 0.15) is 31.2 Å². The van der Waals surface area contributed by atoms with Gasteiger partial charge in [0.1, 0.15) is 5.75 Å². The van der Waals surface area contributed by atoms with Crippen LogP contribution in [-0.2, 0) is 0 Å². The van der Waals surface area contributed by atoms with E-state index in [0.717, 1.165) is 29.4 Å². The van der Waals surface area contributed by atoms with Gasteiger partial charge < -0.3 is 9.64 Å². The lowest BCUT2D eigenvalue weighted by Gasteiger charge is -2.13. The Morgan fingerprint density at radius 2 is 2.00 bits per heavy atom. The van der Waals surface area contributed by atoms with Gasteiger partial charge in [0.05, 0.1) is 31.3 Å². The molecule has 1 N–H and O–H groups in total. The SMILES string of the molecule is Cc1cccc(Cl)c1OCCCC[NH+]1CCCC1. The van der Waals surface area contributed by atoms with Gasteiger partial charge in [0.15, 0.2) is 0 Å². The largest absolute Gasteiger partial charge is 0.492 e. The molecule has 1 aromatic carbocycles. The number of hydrogen-bond donors (Lipinski definition) is 1. The maximum absolute atomic E-state index is 6.12. The van der Waals surface area contributed by atoms with Gasteiger partial charge in [-0.15, -0.1) is 0 Å². The lowest BCUT2D eigenvalue weighted by Crippen LogP contribution is -3.09. The summed E-state index contributed by atoms with van der Waals surface area (Å²) in [6.45, 7) is 6.84. The number of quaternary nitrogens is 1. The van der Waals surface area contributed by atoms with Crippen LogP contribution in [0.25, 0.3) is 0 Å². The Kier molecular flexibility index (Phi) is 5.33. The topological polar surface area (TPSA) is 13.7 Å². The van der Waals surface area contributed by atoms with Gasteiger partial charge in [-0.2, -0.15) is 0 Å². The van der Waals surface area contributed by atoms with Crippen LogP contribution < -0.4 is 9.64 Å². The van der Waals surface area contributed by atoms with Gasteiger partial charge in [-0.05, 0) is 31.4 Å². The molecule has 0 amide bonds. The van der Waals surface area contributed by atoms with Gasteiger partial charge >= 0.3 is 0 Å². The highest BCUT2D eigenvalue weighted by Gasteiger charge is 2.14. The van der Waals surface area contributed by atoms with Crippen LogP contribution in [0, 0.1) is 6.92 Å². The molecule has 0 spiro atoms. The number of rotatable bonds is 6. The van der Waals surface area contributed by atoms with E-state index >= 15 is 0 Å². The monoisotopic (exact) mass is 268 g/mol. The van der Waals surface area contributed by atoms with E-state index in [9.17, 15) is 0 Å². The summed E-state index contributed by atoms with van der Waals surface area (Å²) in [5.74, 6) is 0.854. The van der Waals surface area contributed by atoms with E-state index in [4.69, 9.17) is 16.3 Å². The molecule has 0 aromatic heterocycles. The Labute approximate surface area is 115 Å². The quantitative estimate of drug-likeness (QED) is 0.783. The molecule has 0 unspecified atom stereocenters. The minimum atomic E-state index is 0.722. The highest BCUT2D eigenvalue weighted by molar-refractivity contribution is 6.32. The summed E-state index contributed by atoms with van der Waals surface area (Å²) < 4.78 is 5.79. The molecule has 1 heterocycles. The summed E-state index contributed by atoms with van der Waals surface area (Å²) in [4.78, 5) is 1.77. The first-order valence-electron chi connectivity index (χ1n) is 6.99. The highest BCUT2D eigenvalue weighted by atomic mass is 35.5. The number of likely N-dealkylation sites (tertiary alicyclic amines) is 1. The van der Waals surface area contributed by atoms with Crippen LogP contribution in [0.4, 0.5) is 0 Å². The van der Waals surface area contributed by atoms with Gasteiger partial charge in [0.25, 0.3) is 0 Å². The minimum absolute atomic E-state index is 0.722. The van der Waals surface area contributed by atoms with Gasteiger partial charge in [-0.3, -0.25) is 0 Å². The molecule has 1 saturated heterocycles. The summed E-state index contributed by atoms with van der Waals surface area (Å²) in [6, 6.07) is 5.88. The van der Waals surface area contributed by atoms with Crippen LogP contribution in [0.3, 0.4) is 0 Å². The third-order valence-corrected chi connectivity index (χ3v) is 3.94. The summed E-state index contributed by atoms with van der Waals surface area (Å²) in [6.07, 6.45) is 5.18. The molecule has 3 heteroatoms. The number of aryl methyl sites for hydroxylation is 1. The van der Waals surface area contributed by atoms with Crippen molar-refractivity contribution in [2.75, 3.05) is 26.2 Å². The predicted octanol–water partition coefficient (Wildman–Crippen LogP) is 2.49. The predicted molar refractivity (Wildman–Crippen MR) is 75.7 cm³/mol. The smallest absolute Gasteiger partial charge is 0.140 e. The molecule has 0 aliphatic carbocycles. The average Bonchev–Trinajstić information content (AvgIpc) is 2.85. The standard InChI is InChI=1S/C15H22ClNO/c1-13-7-6-8-14(16)15(13)18-12-5-4-11-17-9-2-3-10-17/h6-8H,2-5,9-12H2,1H3/p+1. The fourth-order valence-corrected chi connectivity index (χ4v) is 2.85. The zero-order chi connectivity index (χ0) is 12.8. The van der Waals surface area contributed by atoms with Crippen LogP contribution in [0.2, 0.25) is 5.02 Å². The van der Waals surface area contributed by atoms with E-state index in [1.807, 2.05) is 25.1 Å². The molecule has 2 nitrogen and oxygen atoms in total. The molecule has 1 fully saturated rings. The van der Waals surface area contributed by atoms with Crippen molar-refractivity contribution in [1.82, 2.24) is 0 Å². The van der Waals surface area contributed by atoms with E-state index < -0.39 is 0 Å². The van der Waals surface area contributed by atoms with Gasteiger partial charge in [-0.25, -0.2) is 0 Å². The summed E-state index contributed by atoms with van der Waals surface area (Å²) in [5.41, 5.74) is 1.12. The van der Waals surface area contributed by atoms with Gasteiger partial charge in [0.2, 0.25) is 0 Å². The number of ether oxygens (including phenoxy) is 1. The zero-order valence-electron chi connectivity index (χ0n) is 11.2. The molecule has 0 radical (unpaired) electrons. The fourth-order valence-electron chi connectivity index (χ4n) is 2.58. The normalized spacial score (nSPS) is 16.1. The van der Waals surface area contributed by atoms with Crippen molar-refractivity contribution in [1.29, 1.82) is 0 Å². The van der Waals surface area contributed by atoms with Crippen molar-refractivity contribution in [3.05, 3.63) is 28.8 Å². The summed E-state index contributed by atoms with van der Waals surface area (Å²) in [7, 11) is 0. The minimum Gasteiger partial charge on any atom is -0.492 e. The molecule has 2 rings (SSSR count). The van der Waals surface area contributed by atoms with Crippen LogP contribution in [0.15, 0.2) is 18.2 Å². The van der Waals surface area contributed by atoms with E-state index in [1.54, 1.807) is 4.90 Å². The average molecular weight is 269 g/mol. The van der Waals surface area contributed by atoms with Crippen molar-refractivity contribution in [2.45, 2.75) is 32.6 Å². The van der Waals surface area contributed by atoms with Crippen LogP contribution in [-0.4, -0.2) is 26.2 Å². The number of halogens is 1. The second kappa shape index (κ2) is 7.01. The lowest BCUT2D eigenvalue weighted by molar-refractivity contribution is -0.887. The number of nitrogens with one attached hydrogen (secondary N) is 1. The first-order chi connectivity index (χ1) is 8.77. The number of hydrogen-bond acceptors (Lipinski definition) is 1. The van der Waals surface area contributed by atoms with Gasteiger partial charge in [-0.1, -0.05) is 23.7 Å². The molecular weight excluding hydrogens is 246 g/mol. The van der Waals surface area contributed by atoms with E-state index in [1.165, 1.54) is 38.9 Å². The Bertz CT molecular complexity index is 355. The lowest BCUT2D eigenvalue weighted by atomic mass is 10.2. The third kappa shape index (κ3) is 3.89. The molecule has 18 heavy (non-hydrogen) atoms. The first kappa shape index (κ1) is 13.7. The molecule has 1 aliphatic rings. The maximum Gasteiger partial charge on any atom is 0.140 e. The van der Waals surface area contributed by atoms with Gasteiger partial charge in [0, 0.05) is 12.8 Å². The Hall–Kier alpha value is -0.730. The first-order valence-corrected chi connectivity index (χ1v) is 7.36. The van der Waals surface area contributed by atoms with Crippen molar-refractivity contribution >= 4 is 11.6 Å². The Morgan fingerprint density at radius 1 is 1.22 bits per heavy atom. The number of para-hydroxylation sites is 1. The Morgan fingerprint density at radius 3 is 2.72 bits per heavy atom. The van der Waals surface area contributed by atoms with Crippen molar-refractivity contribution in [3.8, 4) is 5.75 Å². The van der Waals surface area contributed by atoms with Crippen LogP contribution >= 0.6 is 11.6 Å². The van der Waals surface area contributed by atoms with Crippen molar-refractivity contribution < 1.29 is 9.64 Å². The molecule has 1 aromatic rings. The molecule has 0 saturated carbocycles. The fraction of sp³-hybridized carbons (Fsp3) is 0.600. The summed E-state index contributed by atoms with van der Waals surface area (Å²) >= 11 is 6.12. The molecule has 0 bridgehead atoms. The van der Waals surface area contributed by atoms with Crippen molar-refractivity contribution in [2.24, 2.45) is 0 Å². The van der Waals surface area contributed by atoms with E-state index in [2.05, 4.69) is 0 Å². The molecule has 100 valence electrons. The molecule has 0 atom stereocenters. The summed E-state index contributed by atoms with van der Waals surface area (Å²) in [5, 5.41) is 0.722. The number of benzene rings is 1. The van der Waals surface area contributed by atoms with E-state index in [0.29, 0.717) is 0 Å².